The quantitative estimate of drug-likeness (QED) is 0.612. The van der Waals surface area contributed by atoms with Gasteiger partial charge in [-0.15, -0.1) is 12.1 Å². The fraction of sp³-hybridized carbons (Fsp3) is 0.250. The Labute approximate surface area is 82.7 Å². The van der Waals surface area contributed by atoms with Crippen LogP contribution in [-0.2, 0) is 21.1 Å². The zero-order valence-electron chi connectivity index (χ0n) is 6.41. The van der Waals surface area contributed by atoms with Crippen LogP contribution in [0.4, 0.5) is 0 Å². The van der Waals surface area contributed by atoms with Gasteiger partial charge in [0, 0.05) is 21.1 Å². The van der Waals surface area contributed by atoms with Crippen molar-refractivity contribution in [3.05, 3.63) is 30.3 Å². The van der Waals surface area contributed by atoms with Gasteiger partial charge in [-0.2, -0.15) is 18.2 Å². The minimum absolute atomic E-state index is 0. The van der Waals surface area contributed by atoms with Crippen LogP contribution in [0.5, 0.6) is 5.75 Å². The molecule has 1 radical (unpaired) electrons. The van der Waals surface area contributed by atoms with E-state index in [0.29, 0.717) is 0 Å². The molecule has 1 aromatic rings. The summed E-state index contributed by atoms with van der Waals surface area (Å²) in [4.78, 5) is 0. The minimum atomic E-state index is 0. The first-order chi connectivity index (χ1) is 4.93. The molecule has 1 rings (SSSR count). The van der Waals surface area contributed by atoms with Crippen LogP contribution in [0.1, 0.15) is 6.92 Å². The molecule has 0 aliphatic rings. The molecule has 0 atom stereocenters. The third-order valence-corrected chi connectivity index (χ3v) is 1.07. The van der Waals surface area contributed by atoms with Gasteiger partial charge in [0.25, 0.3) is 0 Å². The Bertz CT molecular complexity index is 179. The number of hydrogen-bond acceptors (Lipinski definition) is 1. The van der Waals surface area contributed by atoms with Crippen LogP contribution in [0.25, 0.3) is 0 Å². The van der Waals surface area contributed by atoms with E-state index >= 15 is 0 Å². The second-order valence-electron chi connectivity index (χ2n) is 1.93. The van der Waals surface area contributed by atoms with Crippen molar-refractivity contribution in [3.63, 3.8) is 0 Å². The zero-order chi connectivity index (χ0) is 7.23. The van der Waals surface area contributed by atoms with Gasteiger partial charge < -0.3 is 4.65 Å². The molecule has 57 valence electrons. The molecule has 3 heteroatoms. The van der Waals surface area contributed by atoms with Crippen molar-refractivity contribution in [2.24, 2.45) is 0 Å². The zero-order valence-corrected chi connectivity index (χ0v) is 9.34. The summed E-state index contributed by atoms with van der Waals surface area (Å²) in [6.45, 7) is 2.04. The maximum atomic E-state index is 5.21. The van der Waals surface area contributed by atoms with Crippen molar-refractivity contribution in [3.8, 4) is 5.75 Å². The maximum Gasteiger partial charge on any atom is 0.366 e. The number of benzene rings is 1. The van der Waals surface area contributed by atoms with Crippen molar-refractivity contribution in [1.82, 2.24) is 0 Å². The molecule has 0 saturated heterocycles. The van der Waals surface area contributed by atoms with Crippen molar-refractivity contribution in [1.29, 1.82) is 0 Å². The van der Waals surface area contributed by atoms with E-state index in [4.69, 9.17) is 4.65 Å². The van der Waals surface area contributed by atoms with Crippen LogP contribution in [0.3, 0.4) is 0 Å². The molecule has 1 nitrogen and oxygen atoms in total. The largest absolute Gasteiger partial charge is 0.582 e. The molecule has 11 heavy (non-hydrogen) atoms. The van der Waals surface area contributed by atoms with Crippen LogP contribution in [-0.4, -0.2) is 7.48 Å². The second-order valence-corrected chi connectivity index (χ2v) is 1.93. The van der Waals surface area contributed by atoms with E-state index in [1.165, 1.54) is 0 Å². The predicted molar refractivity (Wildman–Crippen MR) is 42.1 cm³/mol. The predicted octanol–water partition coefficient (Wildman–Crippen LogP) is 1.92. The van der Waals surface area contributed by atoms with Crippen molar-refractivity contribution in [2.45, 2.75) is 13.2 Å². The molecule has 1 aromatic carbocycles. The van der Waals surface area contributed by atoms with Gasteiger partial charge in [-0.1, -0.05) is 6.92 Å². The molecule has 0 aromatic heterocycles. The van der Waals surface area contributed by atoms with Crippen LogP contribution in [0.15, 0.2) is 24.3 Å². The first-order valence-corrected chi connectivity index (χ1v) is 3.38. The summed E-state index contributed by atoms with van der Waals surface area (Å²) >= 11 is 0. The van der Waals surface area contributed by atoms with E-state index in [0.717, 1.165) is 12.1 Å². The van der Waals surface area contributed by atoms with E-state index in [-0.39, 0.29) is 21.1 Å². The number of hydrogen-bond donors (Lipinski definition) is 0. The Morgan fingerprint density at radius 1 is 1.45 bits per heavy atom. The van der Waals surface area contributed by atoms with Crippen molar-refractivity contribution in [2.75, 3.05) is 0 Å². The Morgan fingerprint density at radius 2 is 2.09 bits per heavy atom. The van der Waals surface area contributed by atoms with Crippen LogP contribution in [0, 0.1) is 6.07 Å². The Morgan fingerprint density at radius 3 is 2.64 bits per heavy atom. The SMILES string of the molecule is CC[B]Oc1cc[c-]cc1.[W]. The third kappa shape index (κ3) is 4.26. The Kier molecular flexibility index (Phi) is 6.35. The summed E-state index contributed by atoms with van der Waals surface area (Å²) in [5.74, 6) is 0.876. The Hall–Kier alpha value is -0.227. The molecule has 0 N–H and O–H groups in total. The molecular formula is C8H9BOW-. The summed E-state index contributed by atoms with van der Waals surface area (Å²) in [6, 6.07) is 10.3. The fourth-order valence-electron chi connectivity index (χ4n) is 0.630. The summed E-state index contributed by atoms with van der Waals surface area (Å²) in [5, 5.41) is 0. The molecule has 0 spiro atoms. The van der Waals surface area contributed by atoms with Gasteiger partial charge in [0.1, 0.15) is 0 Å². The summed E-state index contributed by atoms with van der Waals surface area (Å²) in [5.41, 5.74) is 0. The van der Waals surface area contributed by atoms with Gasteiger partial charge in [-0.3, -0.25) is 0 Å². The fourth-order valence-corrected chi connectivity index (χ4v) is 0.630. The maximum absolute atomic E-state index is 5.21. The van der Waals surface area contributed by atoms with Crippen LogP contribution >= 0.6 is 0 Å². The summed E-state index contributed by atoms with van der Waals surface area (Å²) in [6.07, 6.45) is 0.929. The third-order valence-electron chi connectivity index (χ3n) is 1.07. The molecular weight excluding hydrogens is 307 g/mol. The van der Waals surface area contributed by atoms with Gasteiger partial charge in [0.15, 0.2) is 0 Å². The van der Waals surface area contributed by atoms with Crippen molar-refractivity contribution >= 4 is 7.48 Å². The molecule has 0 bridgehead atoms. The van der Waals surface area contributed by atoms with E-state index in [1.807, 2.05) is 31.2 Å². The molecule has 0 aliphatic heterocycles. The van der Waals surface area contributed by atoms with E-state index in [2.05, 4.69) is 6.07 Å². The second kappa shape index (κ2) is 6.48. The molecule has 0 fully saturated rings. The minimum Gasteiger partial charge on any atom is -0.582 e. The average Bonchev–Trinajstić information content (AvgIpc) is 2.03. The standard InChI is InChI=1S/C8H9BO.W/c1-2-9-10-8-6-4-3-5-7-8;/h4-7H,2H2,1H3;/q-1;. The van der Waals surface area contributed by atoms with Gasteiger partial charge >= 0.3 is 7.48 Å². The Balaban J connectivity index is 0.000001000. The molecule has 0 amide bonds. The average molecular weight is 316 g/mol. The first kappa shape index (κ1) is 10.8. The smallest absolute Gasteiger partial charge is 0.366 e. The molecule has 0 unspecified atom stereocenters. The van der Waals surface area contributed by atoms with E-state index < -0.39 is 0 Å². The van der Waals surface area contributed by atoms with Crippen LogP contribution < -0.4 is 4.65 Å². The first-order valence-electron chi connectivity index (χ1n) is 3.38. The van der Waals surface area contributed by atoms with Gasteiger partial charge in [-0.25, -0.2) is 0 Å². The monoisotopic (exact) mass is 316 g/mol. The van der Waals surface area contributed by atoms with Crippen LogP contribution in [0.2, 0.25) is 6.32 Å². The summed E-state index contributed by atoms with van der Waals surface area (Å²) in [7, 11) is 1.77. The molecule has 0 aliphatic carbocycles. The van der Waals surface area contributed by atoms with Gasteiger partial charge in [0.2, 0.25) is 0 Å². The van der Waals surface area contributed by atoms with E-state index in [9.17, 15) is 0 Å². The van der Waals surface area contributed by atoms with E-state index in [1.54, 1.807) is 7.48 Å². The van der Waals surface area contributed by atoms with Gasteiger partial charge in [-0.05, 0) is 12.1 Å². The topological polar surface area (TPSA) is 9.23 Å². The molecule has 0 heterocycles. The normalized spacial score (nSPS) is 8.09. The number of rotatable bonds is 3. The summed E-state index contributed by atoms with van der Waals surface area (Å²) < 4.78 is 5.21. The van der Waals surface area contributed by atoms with Gasteiger partial charge in [0.05, 0.1) is 0 Å². The van der Waals surface area contributed by atoms with Crippen molar-refractivity contribution < 1.29 is 25.7 Å². The molecule has 0 saturated carbocycles.